The van der Waals surface area contributed by atoms with Crippen molar-refractivity contribution < 1.29 is 71.1 Å². The predicted octanol–water partition coefficient (Wildman–Crippen LogP) is -2.39. The molecule has 49 heavy (non-hydrogen) atoms. The number of nitrogens with two attached hydrogens (primary N) is 2. The van der Waals surface area contributed by atoms with Crippen molar-refractivity contribution >= 4 is 64.6 Å². The van der Waals surface area contributed by atoms with E-state index in [4.69, 9.17) is 28.5 Å². The number of rotatable bonds is 12. The van der Waals surface area contributed by atoms with E-state index >= 15 is 0 Å². The van der Waals surface area contributed by atoms with Crippen molar-refractivity contribution in [3.63, 3.8) is 0 Å². The van der Waals surface area contributed by atoms with Crippen LogP contribution in [0.15, 0.2) is 25.3 Å². The summed E-state index contributed by atoms with van der Waals surface area (Å²) in [6.45, 7) is -1.93. The zero-order valence-corrected chi connectivity index (χ0v) is 27.0. The van der Waals surface area contributed by atoms with Crippen LogP contribution in [-0.2, 0) is 40.8 Å². The predicted molar refractivity (Wildman–Crippen MR) is 158 cm³/mol. The van der Waals surface area contributed by atoms with E-state index in [0.29, 0.717) is 0 Å². The number of nitrogens with zero attached hydrogens (tertiary/aromatic N) is 8. The lowest BCUT2D eigenvalue weighted by Crippen LogP contribution is -2.33. The smallest absolute Gasteiger partial charge is 0.387 e. The number of hydrogen-bond acceptors (Lipinski definition) is 21. The molecule has 25 nitrogen and oxygen atoms in total. The molecule has 264 valence electrons. The molecular weight excluding hydrogens is 724 g/mol. The minimum Gasteiger partial charge on any atom is -0.387 e. The largest absolute Gasteiger partial charge is 0.478 e. The minimum atomic E-state index is -5.50. The maximum Gasteiger partial charge on any atom is 0.478 e. The number of aromatic nitrogens is 8. The molecule has 4 aromatic heterocycles. The van der Waals surface area contributed by atoms with Crippen LogP contribution < -0.4 is 11.5 Å². The molecule has 0 aromatic carbocycles. The molecule has 0 amide bonds. The van der Waals surface area contributed by atoms with E-state index in [2.05, 4.69) is 47.6 Å². The van der Waals surface area contributed by atoms with Gasteiger partial charge in [-0.1, -0.05) is 0 Å². The molecule has 0 spiro atoms. The van der Waals surface area contributed by atoms with Crippen LogP contribution in [0.25, 0.3) is 22.3 Å². The van der Waals surface area contributed by atoms with Gasteiger partial charge in [0.25, 0.3) is 7.47 Å². The molecule has 2 fully saturated rings. The van der Waals surface area contributed by atoms with Crippen LogP contribution in [0.2, 0.25) is 0 Å². The third-order valence-electron chi connectivity index (χ3n) is 7.23. The standard InChI is InChI=1S/C20H26BN10O15P3/c21-47(36,45-48(37,38)41-1-7-11(32)13(34)19(43-7)30-5-28-9-15(22)24-3-26-17(9)30)46-49(39,40)42-2-8-12(33)14(35)20(44-8)31-6-29-10-16(23)25-4-27-18(10)31/h3-8,11-14,19-20,32-35H,1-2H2,(H,37,38)(H,39,40)(H2,22,24,26)(H2,23,25,27)/t7-,8-,11-,12-,13-,14-,19-,20-/m1/s1. The van der Waals surface area contributed by atoms with Gasteiger partial charge in [-0.25, -0.2) is 47.7 Å². The topological polar surface area (TPSA) is 367 Å². The van der Waals surface area contributed by atoms with Gasteiger partial charge in [-0.15, -0.1) is 0 Å². The summed E-state index contributed by atoms with van der Waals surface area (Å²) in [4.78, 5) is 43.8. The molecule has 2 unspecified atom stereocenters. The first-order chi connectivity index (χ1) is 23.0. The monoisotopic (exact) mass is 750 g/mol. The number of imidazole rings is 2. The van der Waals surface area contributed by atoms with Crippen molar-refractivity contribution in [2.45, 2.75) is 49.1 Å². The van der Waals surface area contributed by atoms with Crippen molar-refractivity contribution in [3.8, 4) is 0 Å². The summed E-state index contributed by atoms with van der Waals surface area (Å²) in [7, 11) is -11.2. The van der Waals surface area contributed by atoms with Gasteiger partial charge in [-0.2, -0.15) is 0 Å². The Balaban J connectivity index is 1.03. The maximum absolute atomic E-state index is 12.6. The van der Waals surface area contributed by atoms with Gasteiger partial charge in [0.1, 0.15) is 60.3 Å². The Bertz CT molecular complexity index is 1870. The van der Waals surface area contributed by atoms with Crippen LogP contribution in [0.5, 0.6) is 0 Å². The van der Waals surface area contributed by atoms with Crippen molar-refractivity contribution in [2.24, 2.45) is 0 Å². The summed E-state index contributed by atoms with van der Waals surface area (Å²) in [6.07, 6.45) is -7.67. The summed E-state index contributed by atoms with van der Waals surface area (Å²) < 4.78 is 69.0. The molecule has 2 aliphatic heterocycles. The van der Waals surface area contributed by atoms with Gasteiger partial charge in [0.05, 0.1) is 25.9 Å². The molecule has 4 aromatic rings. The fraction of sp³-hybridized carbons (Fsp3) is 0.500. The number of nitrogen functional groups attached to an aromatic ring is 2. The van der Waals surface area contributed by atoms with Gasteiger partial charge < -0.3 is 51.2 Å². The van der Waals surface area contributed by atoms with Gasteiger partial charge in [-0.3, -0.25) is 22.7 Å². The summed E-state index contributed by atoms with van der Waals surface area (Å²) >= 11 is 0. The first-order valence-electron chi connectivity index (χ1n) is 13.6. The number of aliphatic hydroxyl groups excluding tert-OH is 4. The Labute approximate surface area is 273 Å². The quantitative estimate of drug-likeness (QED) is 0.0553. The van der Waals surface area contributed by atoms with Gasteiger partial charge in [0.15, 0.2) is 35.4 Å². The second kappa shape index (κ2) is 13.3. The van der Waals surface area contributed by atoms with Gasteiger partial charge >= 0.3 is 15.6 Å². The van der Waals surface area contributed by atoms with E-state index in [-0.39, 0.29) is 34.0 Å². The number of aliphatic hydroxyl groups is 4. The Morgan fingerprint density at radius 2 is 1.08 bits per heavy atom. The number of hydrogen-bond donors (Lipinski definition) is 8. The molecule has 29 heteroatoms. The Morgan fingerprint density at radius 1 is 0.694 bits per heavy atom. The van der Waals surface area contributed by atoms with E-state index in [0.717, 1.165) is 12.7 Å². The van der Waals surface area contributed by atoms with Crippen LogP contribution >= 0.6 is 23.1 Å². The van der Waals surface area contributed by atoms with Crippen LogP contribution in [-0.4, -0.2) is 127 Å². The van der Waals surface area contributed by atoms with E-state index in [1.807, 2.05) is 0 Å². The third kappa shape index (κ3) is 7.26. The average molecular weight is 750 g/mol. The molecule has 2 radical (unpaired) electrons. The van der Waals surface area contributed by atoms with Gasteiger partial charge in [-0.05, 0) is 0 Å². The number of phosphoric acid groups is 2. The second-order valence-corrected chi connectivity index (χ2v) is 15.3. The summed E-state index contributed by atoms with van der Waals surface area (Å²) in [5, 5.41) is 41.9. The number of phosphoric ester groups is 2. The summed E-state index contributed by atoms with van der Waals surface area (Å²) in [5.74, 6) is 0.0552. The number of ether oxygens (including phenoxy) is 2. The van der Waals surface area contributed by atoms with E-state index < -0.39 is 85.4 Å². The fourth-order valence-electron chi connectivity index (χ4n) is 4.99. The highest BCUT2D eigenvalue weighted by Crippen LogP contribution is 2.67. The molecular formula is C20H26BN10O15P3. The highest BCUT2D eigenvalue weighted by molar-refractivity contribution is 7.86. The van der Waals surface area contributed by atoms with Crippen LogP contribution in [0.3, 0.4) is 0 Å². The molecule has 6 rings (SSSR count). The van der Waals surface area contributed by atoms with Crippen molar-refractivity contribution in [3.05, 3.63) is 25.3 Å². The second-order valence-electron chi connectivity index (χ2n) is 10.5. The minimum absolute atomic E-state index is 0.0276. The highest BCUT2D eigenvalue weighted by atomic mass is 31.3. The Hall–Kier alpha value is -3.03. The van der Waals surface area contributed by atoms with Crippen molar-refractivity contribution in [2.75, 3.05) is 24.7 Å². The molecule has 0 aliphatic carbocycles. The molecule has 6 heterocycles. The highest BCUT2D eigenvalue weighted by Gasteiger charge is 2.48. The first kappa shape index (κ1) is 35.8. The fourth-order valence-corrected chi connectivity index (χ4v) is 8.73. The molecule has 2 saturated heterocycles. The average Bonchev–Trinajstić information content (AvgIpc) is 3.77. The summed E-state index contributed by atoms with van der Waals surface area (Å²) in [6, 6.07) is 0. The first-order valence-corrected chi connectivity index (χ1v) is 18.2. The summed E-state index contributed by atoms with van der Waals surface area (Å²) in [5.41, 5.74) is 12.1. The zero-order valence-electron chi connectivity index (χ0n) is 24.4. The van der Waals surface area contributed by atoms with Crippen molar-refractivity contribution in [1.82, 2.24) is 39.0 Å². The Morgan fingerprint density at radius 3 is 1.47 bits per heavy atom. The molecule has 10 atom stereocenters. The lowest BCUT2D eigenvalue weighted by atomic mass is 10.1. The van der Waals surface area contributed by atoms with E-state index in [1.165, 1.54) is 21.8 Å². The van der Waals surface area contributed by atoms with Crippen LogP contribution in [0.1, 0.15) is 12.5 Å². The molecule has 2 aliphatic rings. The normalized spacial score (nSPS) is 31.1. The molecule has 0 saturated carbocycles. The Kier molecular flexibility index (Phi) is 9.69. The lowest BCUT2D eigenvalue weighted by molar-refractivity contribution is -0.0507. The lowest BCUT2D eigenvalue weighted by Gasteiger charge is -2.22. The third-order valence-corrected chi connectivity index (χ3v) is 11.7. The van der Waals surface area contributed by atoms with Crippen LogP contribution in [0.4, 0.5) is 11.6 Å². The number of fused-ring (bicyclic) bond motifs is 2. The van der Waals surface area contributed by atoms with E-state index in [9.17, 15) is 43.9 Å². The SMILES string of the molecule is [B]P(=O)(OP(=O)(O)OC[C@H]1O[C@@H](n2cnc3c(N)ncnc32)[C@H](O)[C@@H]1O)OP(=O)(O)OC[C@H]1O[C@@H](n2cnc3c(N)ncnc32)[C@H](O)[C@@H]1O. The van der Waals surface area contributed by atoms with Gasteiger partial charge in [0.2, 0.25) is 7.57 Å². The van der Waals surface area contributed by atoms with Crippen molar-refractivity contribution in [1.29, 1.82) is 0 Å². The number of anilines is 2. The van der Waals surface area contributed by atoms with E-state index in [1.54, 1.807) is 0 Å². The van der Waals surface area contributed by atoms with Crippen LogP contribution in [0, 0.1) is 0 Å². The molecule has 10 N–H and O–H groups in total. The maximum atomic E-state index is 12.6. The molecule has 0 bridgehead atoms. The zero-order chi connectivity index (χ0) is 35.5. The van der Waals surface area contributed by atoms with Gasteiger partial charge in [0, 0.05) is 0 Å².